The second kappa shape index (κ2) is 9.15. The zero-order valence-corrected chi connectivity index (χ0v) is 22.2. The van der Waals surface area contributed by atoms with E-state index in [1.54, 1.807) is 7.11 Å². The molecule has 2 aliphatic rings. The van der Waals surface area contributed by atoms with E-state index in [9.17, 15) is 5.11 Å². The molecule has 36 heavy (non-hydrogen) atoms. The first kappa shape index (κ1) is 24.7. The van der Waals surface area contributed by atoms with Gasteiger partial charge in [-0.1, -0.05) is 60.7 Å². The van der Waals surface area contributed by atoms with Gasteiger partial charge in [0, 0.05) is 16.7 Å². The fourth-order valence-electron chi connectivity index (χ4n) is 5.73. The van der Waals surface area contributed by atoms with Gasteiger partial charge >= 0.3 is 0 Å². The molecular weight excluding hydrogens is 448 g/mol. The third-order valence-electron chi connectivity index (χ3n) is 7.80. The maximum absolute atomic E-state index is 12.2. The molecule has 190 valence electrons. The Bertz CT molecular complexity index is 1190. The third-order valence-corrected chi connectivity index (χ3v) is 7.80. The topological polar surface area (TPSA) is 47.9 Å². The van der Waals surface area contributed by atoms with Crippen LogP contribution < -0.4 is 14.2 Å². The van der Waals surface area contributed by atoms with Crippen LogP contribution in [0.15, 0.2) is 60.7 Å². The highest BCUT2D eigenvalue weighted by atomic mass is 16.5. The van der Waals surface area contributed by atoms with Gasteiger partial charge in [0.05, 0.1) is 7.11 Å². The van der Waals surface area contributed by atoms with E-state index in [1.165, 1.54) is 0 Å². The van der Waals surface area contributed by atoms with Gasteiger partial charge in [-0.2, -0.15) is 0 Å². The van der Waals surface area contributed by atoms with Crippen molar-refractivity contribution >= 4 is 0 Å². The van der Waals surface area contributed by atoms with Gasteiger partial charge in [-0.15, -0.1) is 0 Å². The van der Waals surface area contributed by atoms with E-state index < -0.39 is 5.60 Å². The van der Waals surface area contributed by atoms with Crippen molar-refractivity contribution < 1.29 is 19.3 Å². The highest BCUT2D eigenvalue weighted by molar-refractivity contribution is 5.65. The predicted molar refractivity (Wildman–Crippen MR) is 143 cm³/mol. The zero-order valence-electron chi connectivity index (χ0n) is 22.2. The maximum Gasteiger partial charge on any atom is 0.133 e. The molecule has 5 rings (SSSR count). The summed E-state index contributed by atoms with van der Waals surface area (Å²) >= 11 is 0. The fraction of sp³-hybridized carbons (Fsp3) is 0.438. The van der Waals surface area contributed by atoms with Crippen molar-refractivity contribution in [1.82, 2.24) is 0 Å². The average molecular weight is 487 g/mol. The van der Waals surface area contributed by atoms with Gasteiger partial charge in [0.15, 0.2) is 0 Å². The first-order chi connectivity index (χ1) is 17.1. The normalized spacial score (nSPS) is 17.8. The smallest absolute Gasteiger partial charge is 0.133 e. The molecule has 1 N–H and O–H groups in total. The number of hydrogen-bond acceptors (Lipinski definition) is 4. The fourth-order valence-corrected chi connectivity index (χ4v) is 5.73. The molecule has 2 heterocycles. The van der Waals surface area contributed by atoms with Crippen molar-refractivity contribution in [1.29, 1.82) is 0 Å². The summed E-state index contributed by atoms with van der Waals surface area (Å²) in [5.41, 5.74) is 3.45. The van der Waals surface area contributed by atoms with Crippen molar-refractivity contribution in [2.45, 2.75) is 83.0 Å². The third kappa shape index (κ3) is 4.48. The van der Waals surface area contributed by atoms with E-state index in [2.05, 4.69) is 27.7 Å². The minimum Gasteiger partial charge on any atom is -0.496 e. The van der Waals surface area contributed by atoms with E-state index in [0.29, 0.717) is 12.8 Å². The van der Waals surface area contributed by atoms with Crippen LogP contribution in [0.4, 0.5) is 0 Å². The summed E-state index contributed by atoms with van der Waals surface area (Å²) < 4.78 is 19.3. The first-order valence-electron chi connectivity index (χ1n) is 13.1. The van der Waals surface area contributed by atoms with E-state index in [-0.39, 0.29) is 11.2 Å². The van der Waals surface area contributed by atoms with Crippen LogP contribution in [0.3, 0.4) is 0 Å². The number of ether oxygens (including phenoxy) is 3. The van der Waals surface area contributed by atoms with Crippen LogP contribution in [0, 0.1) is 0 Å². The minimum absolute atomic E-state index is 0.221. The molecular formula is C32H38O4. The van der Waals surface area contributed by atoms with Crippen molar-refractivity contribution in [2.75, 3.05) is 7.11 Å². The number of aliphatic hydroxyl groups is 1. The zero-order chi connectivity index (χ0) is 25.6. The summed E-state index contributed by atoms with van der Waals surface area (Å²) in [6, 6.07) is 19.9. The van der Waals surface area contributed by atoms with Crippen LogP contribution in [0.1, 0.15) is 74.8 Å². The molecule has 0 fully saturated rings. The lowest BCUT2D eigenvalue weighted by atomic mass is 9.80. The molecule has 0 aliphatic carbocycles. The number of methoxy groups -OCH3 is 1. The molecule has 0 aromatic heterocycles. The molecule has 0 atom stereocenters. The summed E-state index contributed by atoms with van der Waals surface area (Å²) in [7, 11) is 1.74. The lowest BCUT2D eigenvalue weighted by Gasteiger charge is -2.40. The largest absolute Gasteiger partial charge is 0.496 e. The number of fused-ring (bicyclic) bond motifs is 3. The second-order valence-corrected chi connectivity index (χ2v) is 11.4. The van der Waals surface area contributed by atoms with Gasteiger partial charge in [-0.05, 0) is 77.3 Å². The molecule has 0 radical (unpaired) electrons. The van der Waals surface area contributed by atoms with Gasteiger partial charge < -0.3 is 19.3 Å². The Hall–Kier alpha value is -2.98. The van der Waals surface area contributed by atoms with Crippen molar-refractivity contribution in [3.63, 3.8) is 0 Å². The number of rotatable bonds is 6. The predicted octanol–water partition coefficient (Wildman–Crippen LogP) is 6.77. The highest BCUT2D eigenvalue weighted by Gasteiger charge is 2.40. The summed E-state index contributed by atoms with van der Waals surface area (Å²) in [5.74, 6) is 2.67. The quantitative estimate of drug-likeness (QED) is 0.418. The van der Waals surface area contributed by atoms with Gasteiger partial charge in [0.25, 0.3) is 0 Å². The average Bonchev–Trinajstić information content (AvgIpc) is 2.87. The summed E-state index contributed by atoms with van der Waals surface area (Å²) in [5, 5.41) is 12.2. The molecule has 0 amide bonds. The van der Waals surface area contributed by atoms with Gasteiger partial charge in [-0.25, -0.2) is 0 Å². The van der Waals surface area contributed by atoms with E-state index in [4.69, 9.17) is 14.2 Å². The van der Waals surface area contributed by atoms with Crippen LogP contribution in [-0.2, 0) is 24.9 Å². The molecule has 4 heteroatoms. The SMILES string of the molecule is COc1c2c(c3c(c1CCC(O)(c1ccccc1)c1ccccc1)OC(C)(C)CC3)OC(C)(C)CC2. The minimum atomic E-state index is -1.14. The van der Waals surface area contributed by atoms with Crippen LogP contribution in [0.25, 0.3) is 0 Å². The molecule has 3 aromatic carbocycles. The summed E-state index contributed by atoms with van der Waals surface area (Å²) in [6.45, 7) is 8.58. The molecule has 4 nitrogen and oxygen atoms in total. The van der Waals surface area contributed by atoms with Crippen LogP contribution >= 0.6 is 0 Å². The Kier molecular flexibility index (Phi) is 6.28. The number of benzene rings is 3. The van der Waals surface area contributed by atoms with E-state index in [0.717, 1.165) is 70.7 Å². The molecule has 0 saturated heterocycles. The molecule has 0 unspecified atom stereocenters. The summed E-state index contributed by atoms with van der Waals surface area (Å²) in [6.07, 6.45) is 4.77. The summed E-state index contributed by atoms with van der Waals surface area (Å²) in [4.78, 5) is 0. The lowest BCUT2D eigenvalue weighted by molar-refractivity contribution is 0.0610. The van der Waals surface area contributed by atoms with Gasteiger partial charge in [0.2, 0.25) is 0 Å². The Morgan fingerprint density at radius 2 is 1.28 bits per heavy atom. The van der Waals surface area contributed by atoms with Crippen molar-refractivity contribution in [3.8, 4) is 17.2 Å². The Labute approximate surface area is 215 Å². The molecule has 2 aliphatic heterocycles. The Balaban J connectivity index is 1.62. The van der Waals surface area contributed by atoms with E-state index in [1.807, 2.05) is 60.7 Å². The van der Waals surface area contributed by atoms with Crippen LogP contribution in [0.2, 0.25) is 0 Å². The maximum atomic E-state index is 12.2. The lowest BCUT2D eigenvalue weighted by Crippen LogP contribution is -2.37. The van der Waals surface area contributed by atoms with Gasteiger partial charge in [-0.3, -0.25) is 0 Å². The van der Waals surface area contributed by atoms with Crippen LogP contribution in [0.5, 0.6) is 17.2 Å². The monoisotopic (exact) mass is 486 g/mol. The standard InChI is InChI=1S/C32H38O4/c1-30(2)19-16-24-27(34-5)25(29-26(28(24)35-30)17-20-31(3,4)36-29)18-21-32(33,22-12-8-6-9-13-22)23-14-10-7-11-15-23/h6-15,33H,16-21H2,1-5H3. The second-order valence-electron chi connectivity index (χ2n) is 11.4. The molecule has 3 aromatic rings. The Morgan fingerprint density at radius 3 is 1.81 bits per heavy atom. The van der Waals surface area contributed by atoms with Crippen molar-refractivity contribution in [2.24, 2.45) is 0 Å². The number of hydrogen-bond donors (Lipinski definition) is 1. The first-order valence-corrected chi connectivity index (χ1v) is 13.1. The highest BCUT2D eigenvalue weighted by Crippen LogP contribution is 2.52. The van der Waals surface area contributed by atoms with E-state index >= 15 is 0 Å². The van der Waals surface area contributed by atoms with Crippen molar-refractivity contribution in [3.05, 3.63) is 88.5 Å². The molecule has 0 spiro atoms. The van der Waals surface area contributed by atoms with Crippen LogP contribution in [-0.4, -0.2) is 23.4 Å². The van der Waals surface area contributed by atoms with Gasteiger partial charge in [0.1, 0.15) is 34.1 Å². The molecule has 0 bridgehead atoms. The Morgan fingerprint density at radius 1 is 0.778 bits per heavy atom. The molecule has 0 saturated carbocycles.